The standard InChI is InChI=1S/C17H25N5O/c1-17(2,18)12-22-9-7-21(8-10-22)11-15-19-14-6-4-3-5-13(14)16(23)20-15/h3-6H,7-12,18H2,1-2H3,(H,19,20,23). The maximum Gasteiger partial charge on any atom is 0.258 e. The quantitative estimate of drug-likeness (QED) is 0.872. The Hall–Kier alpha value is -1.76. The van der Waals surface area contributed by atoms with E-state index in [0.717, 1.165) is 44.1 Å². The van der Waals surface area contributed by atoms with Crippen LogP contribution in [0.5, 0.6) is 0 Å². The molecule has 2 heterocycles. The number of hydrogen-bond donors (Lipinski definition) is 2. The van der Waals surface area contributed by atoms with E-state index in [9.17, 15) is 4.79 Å². The van der Waals surface area contributed by atoms with Gasteiger partial charge >= 0.3 is 0 Å². The second kappa shape index (κ2) is 6.39. The van der Waals surface area contributed by atoms with Crippen molar-refractivity contribution in [3.63, 3.8) is 0 Å². The molecule has 124 valence electrons. The number of nitrogens with zero attached hydrogens (tertiary/aromatic N) is 3. The topological polar surface area (TPSA) is 78.2 Å². The summed E-state index contributed by atoms with van der Waals surface area (Å²) in [5, 5.41) is 0.645. The molecule has 0 spiro atoms. The fraction of sp³-hybridized carbons (Fsp3) is 0.529. The molecule has 1 aromatic carbocycles. The molecule has 0 aliphatic carbocycles. The number of benzene rings is 1. The van der Waals surface area contributed by atoms with Crippen LogP contribution in [0.2, 0.25) is 0 Å². The first-order valence-electron chi connectivity index (χ1n) is 8.12. The minimum absolute atomic E-state index is 0.0610. The molecule has 1 saturated heterocycles. The first-order chi connectivity index (χ1) is 10.9. The Kier molecular flexibility index (Phi) is 4.48. The molecule has 23 heavy (non-hydrogen) atoms. The molecule has 3 N–H and O–H groups in total. The fourth-order valence-electron chi connectivity index (χ4n) is 3.10. The zero-order valence-corrected chi connectivity index (χ0v) is 13.9. The monoisotopic (exact) mass is 315 g/mol. The van der Waals surface area contributed by atoms with Crippen molar-refractivity contribution in [1.82, 2.24) is 19.8 Å². The van der Waals surface area contributed by atoms with Crippen LogP contribution in [0, 0.1) is 0 Å². The van der Waals surface area contributed by atoms with Crippen LogP contribution in [0.1, 0.15) is 19.7 Å². The molecule has 2 aromatic rings. The predicted octanol–water partition coefficient (Wildman–Crippen LogP) is 0.778. The largest absolute Gasteiger partial charge is 0.324 e. The average Bonchev–Trinajstić information content (AvgIpc) is 2.48. The van der Waals surface area contributed by atoms with Gasteiger partial charge in [0.25, 0.3) is 5.56 Å². The summed E-state index contributed by atoms with van der Waals surface area (Å²) in [5.41, 5.74) is 6.63. The predicted molar refractivity (Wildman–Crippen MR) is 92.3 cm³/mol. The van der Waals surface area contributed by atoms with Crippen LogP contribution in [0.4, 0.5) is 0 Å². The number of nitrogens with two attached hydrogens (primary N) is 1. The number of piperazine rings is 1. The molecular weight excluding hydrogens is 290 g/mol. The molecule has 1 aliphatic heterocycles. The summed E-state index contributed by atoms with van der Waals surface area (Å²) in [6.45, 7) is 9.63. The Balaban J connectivity index is 1.64. The van der Waals surface area contributed by atoms with E-state index in [-0.39, 0.29) is 11.1 Å². The lowest BCUT2D eigenvalue weighted by molar-refractivity contribution is 0.110. The molecule has 0 radical (unpaired) electrons. The van der Waals surface area contributed by atoms with Crippen LogP contribution in [0.15, 0.2) is 29.1 Å². The molecule has 0 unspecified atom stereocenters. The van der Waals surface area contributed by atoms with Crippen LogP contribution < -0.4 is 11.3 Å². The van der Waals surface area contributed by atoms with Gasteiger partial charge < -0.3 is 10.7 Å². The second-order valence-electron chi connectivity index (χ2n) is 7.07. The van der Waals surface area contributed by atoms with E-state index in [1.54, 1.807) is 6.07 Å². The minimum Gasteiger partial charge on any atom is -0.324 e. The highest BCUT2D eigenvalue weighted by molar-refractivity contribution is 5.77. The number of para-hydroxylation sites is 1. The van der Waals surface area contributed by atoms with Gasteiger partial charge in [0.1, 0.15) is 5.82 Å². The molecule has 0 atom stereocenters. The SMILES string of the molecule is CC(C)(N)CN1CCN(Cc2nc3ccccc3c(=O)[nH]2)CC1. The lowest BCUT2D eigenvalue weighted by Crippen LogP contribution is -2.52. The zero-order chi connectivity index (χ0) is 16.4. The van der Waals surface area contributed by atoms with Crippen molar-refractivity contribution < 1.29 is 0 Å². The third-order valence-corrected chi connectivity index (χ3v) is 4.13. The highest BCUT2D eigenvalue weighted by Crippen LogP contribution is 2.10. The van der Waals surface area contributed by atoms with Gasteiger partial charge in [-0.1, -0.05) is 12.1 Å². The number of nitrogens with one attached hydrogen (secondary N) is 1. The second-order valence-corrected chi connectivity index (χ2v) is 7.07. The molecule has 0 saturated carbocycles. The maximum atomic E-state index is 12.1. The van der Waals surface area contributed by atoms with Gasteiger partial charge in [-0.3, -0.25) is 14.6 Å². The van der Waals surface area contributed by atoms with Crippen LogP contribution in [0.25, 0.3) is 10.9 Å². The zero-order valence-electron chi connectivity index (χ0n) is 13.9. The van der Waals surface area contributed by atoms with Gasteiger partial charge in [-0.05, 0) is 26.0 Å². The fourth-order valence-corrected chi connectivity index (χ4v) is 3.10. The third kappa shape index (κ3) is 4.16. The number of hydrogen-bond acceptors (Lipinski definition) is 5. The lowest BCUT2D eigenvalue weighted by Gasteiger charge is -2.37. The summed E-state index contributed by atoms with van der Waals surface area (Å²) in [7, 11) is 0. The van der Waals surface area contributed by atoms with Crippen LogP contribution in [-0.2, 0) is 6.54 Å². The molecule has 0 amide bonds. The summed E-state index contributed by atoms with van der Waals surface area (Å²) in [4.78, 5) is 24.3. The van der Waals surface area contributed by atoms with E-state index >= 15 is 0 Å². The molecule has 6 nitrogen and oxygen atoms in total. The Morgan fingerprint density at radius 2 is 1.83 bits per heavy atom. The van der Waals surface area contributed by atoms with E-state index in [0.29, 0.717) is 11.9 Å². The smallest absolute Gasteiger partial charge is 0.258 e. The molecule has 1 aliphatic rings. The van der Waals surface area contributed by atoms with Crippen molar-refractivity contribution in [2.24, 2.45) is 5.73 Å². The molecular formula is C17H25N5O. The van der Waals surface area contributed by atoms with E-state index in [4.69, 9.17) is 5.73 Å². The van der Waals surface area contributed by atoms with Gasteiger partial charge in [0.05, 0.1) is 17.4 Å². The summed E-state index contributed by atoms with van der Waals surface area (Å²) in [6.07, 6.45) is 0. The Bertz CT molecular complexity index is 726. The first kappa shape index (κ1) is 16.1. The molecule has 1 fully saturated rings. The van der Waals surface area contributed by atoms with Crippen LogP contribution in [0.3, 0.4) is 0 Å². The van der Waals surface area contributed by atoms with Crippen molar-refractivity contribution >= 4 is 10.9 Å². The first-order valence-corrected chi connectivity index (χ1v) is 8.12. The number of aromatic amines is 1. The van der Waals surface area contributed by atoms with E-state index in [1.807, 2.05) is 18.2 Å². The van der Waals surface area contributed by atoms with Gasteiger partial charge in [-0.2, -0.15) is 0 Å². The number of aromatic nitrogens is 2. The van der Waals surface area contributed by atoms with Gasteiger partial charge in [-0.25, -0.2) is 4.98 Å². The highest BCUT2D eigenvalue weighted by Gasteiger charge is 2.22. The number of fused-ring (bicyclic) bond motifs is 1. The van der Waals surface area contributed by atoms with E-state index in [2.05, 4.69) is 33.6 Å². The summed E-state index contributed by atoms with van der Waals surface area (Å²) in [6, 6.07) is 7.45. The van der Waals surface area contributed by atoms with Crippen molar-refractivity contribution in [3.8, 4) is 0 Å². The van der Waals surface area contributed by atoms with Gasteiger partial charge in [-0.15, -0.1) is 0 Å². The number of rotatable bonds is 4. The van der Waals surface area contributed by atoms with Crippen molar-refractivity contribution in [2.45, 2.75) is 25.9 Å². The van der Waals surface area contributed by atoms with Crippen LogP contribution >= 0.6 is 0 Å². The van der Waals surface area contributed by atoms with Crippen LogP contribution in [-0.4, -0.2) is 58.0 Å². The van der Waals surface area contributed by atoms with Crippen molar-refractivity contribution in [3.05, 3.63) is 40.4 Å². The van der Waals surface area contributed by atoms with Gasteiger partial charge in [0.15, 0.2) is 0 Å². The Morgan fingerprint density at radius 1 is 1.17 bits per heavy atom. The number of H-pyrrole nitrogens is 1. The van der Waals surface area contributed by atoms with Gasteiger partial charge in [0.2, 0.25) is 0 Å². The highest BCUT2D eigenvalue weighted by atomic mass is 16.1. The van der Waals surface area contributed by atoms with Crippen molar-refractivity contribution in [1.29, 1.82) is 0 Å². The van der Waals surface area contributed by atoms with Gasteiger partial charge in [0, 0.05) is 38.3 Å². The summed E-state index contributed by atoms with van der Waals surface area (Å²) >= 11 is 0. The maximum absolute atomic E-state index is 12.1. The van der Waals surface area contributed by atoms with Crippen molar-refractivity contribution in [2.75, 3.05) is 32.7 Å². The van der Waals surface area contributed by atoms with E-state index in [1.165, 1.54) is 0 Å². The lowest BCUT2D eigenvalue weighted by atomic mass is 10.1. The molecule has 1 aromatic heterocycles. The summed E-state index contributed by atoms with van der Waals surface area (Å²) in [5.74, 6) is 0.737. The Morgan fingerprint density at radius 3 is 2.52 bits per heavy atom. The normalized spacial score (nSPS) is 17.7. The molecule has 0 bridgehead atoms. The molecule has 3 rings (SSSR count). The average molecular weight is 315 g/mol. The Labute approximate surface area is 136 Å². The van der Waals surface area contributed by atoms with E-state index < -0.39 is 0 Å². The third-order valence-electron chi connectivity index (χ3n) is 4.13. The summed E-state index contributed by atoms with van der Waals surface area (Å²) < 4.78 is 0. The molecule has 6 heteroatoms. The minimum atomic E-state index is -0.159.